The zero-order valence-electron chi connectivity index (χ0n) is 10.4. The predicted octanol–water partition coefficient (Wildman–Crippen LogP) is 5.86. The SMILES string of the molecule is N#CC1CCCCCC1Nc1c(Br)cc(Br)cc1Br. The van der Waals surface area contributed by atoms with E-state index in [0.717, 1.165) is 31.9 Å². The first-order valence-electron chi connectivity index (χ1n) is 6.42. The van der Waals surface area contributed by atoms with Crippen molar-refractivity contribution in [3.8, 4) is 6.07 Å². The van der Waals surface area contributed by atoms with Crippen LogP contribution in [0.2, 0.25) is 0 Å². The zero-order valence-corrected chi connectivity index (χ0v) is 15.2. The van der Waals surface area contributed by atoms with Crippen molar-refractivity contribution in [1.82, 2.24) is 0 Å². The lowest BCUT2D eigenvalue weighted by Crippen LogP contribution is -2.27. The van der Waals surface area contributed by atoms with Gasteiger partial charge in [0.15, 0.2) is 0 Å². The van der Waals surface area contributed by atoms with Gasteiger partial charge >= 0.3 is 0 Å². The topological polar surface area (TPSA) is 35.8 Å². The van der Waals surface area contributed by atoms with Crippen LogP contribution < -0.4 is 5.32 Å². The monoisotopic (exact) mass is 448 g/mol. The largest absolute Gasteiger partial charge is 0.379 e. The number of nitrogens with zero attached hydrogens (tertiary/aromatic N) is 1. The number of halogens is 3. The van der Waals surface area contributed by atoms with Gasteiger partial charge < -0.3 is 5.32 Å². The normalized spacial score (nSPS) is 23.5. The maximum Gasteiger partial charge on any atom is 0.0677 e. The fourth-order valence-electron chi connectivity index (χ4n) is 2.50. The van der Waals surface area contributed by atoms with Gasteiger partial charge in [0.25, 0.3) is 0 Å². The van der Waals surface area contributed by atoms with E-state index >= 15 is 0 Å². The molecule has 1 aliphatic carbocycles. The van der Waals surface area contributed by atoms with E-state index in [9.17, 15) is 5.26 Å². The van der Waals surface area contributed by atoms with E-state index in [4.69, 9.17) is 0 Å². The van der Waals surface area contributed by atoms with Gasteiger partial charge in [-0.3, -0.25) is 0 Å². The van der Waals surface area contributed by atoms with Gasteiger partial charge in [0.05, 0.1) is 17.7 Å². The fraction of sp³-hybridized carbons (Fsp3) is 0.500. The van der Waals surface area contributed by atoms with Crippen LogP contribution in [-0.4, -0.2) is 6.04 Å². The molecule has 1 fully saturated rings. The van der Waals surface area contributed by atoms with Crippen molar-refractivity contribution in [2.75, 3.05) is 5.32 Å². The Morgan fingerprint density at radius 3 is 2.32 bits per heavy atom. The fourth-order valence-corrected chi connectivity index (χ4v) is 4.99. The average molecular weight is 451 g/mol. The van der Waals surface area contributed by atoms with Crippen molar-refractivity contribution in [3.05, 3.63) is 25.6 Å². The molecule has 5 heteroatoms. The molecule has 2 atom stereocenters. The summed E-state index contributed by atoms with van der Waals surface area (Å²) in [6.45, 7) is 0. The number of hydrogen-bond acceptors (Lipinski definition) is 2. The van der Waals surface area contributed by atoms with Gasteiger partial charge in [0.1, 0.15) is 0 Å². The molecule has 2 unspecified atom stereocenters. The molecule has 0 saturated heterocycles. The number of benzene rings is 1. The van der Waals surface area contributed by atoms with Gasteiger partial charge in [-0.25, -0.2) is 0 Å². The van der Waals surface area contributed by atoms with Gasteiger partial charge in [0, 0.05) is 19.5 Å². The molecular formula is C14H15Br3N2. The second-order valence-electron chi connectivity index (χ2n) is 4.87. The molecule has 0 bridgehead atoms. The van der Waals surface area contributed by atoms with E-state index in [0.29, 0.717) is 0 Å². The second kappa shape index (κ2) is 7.10. The molecular weight excluding hydrogens is 436 g/mol. The van der Waals surface area contributed by atoms with E-state index in [2.05, 4.69) is 59.2 Å². The summed E-state index contributed by atoms with van der Waals surface area (Å²) in [5.74, 6) is 0.102. The van der Waals surface area contributed by atoms with Crippen LogP contribution in [0.1, 0.15) is 32.1 Å². The van der Waals surface area contributed by atoms with Crippen molar-refractivity contribution in [2.45, 2.75) is 38.1 Å². The molecule has 2 nitrogen and oxygen atoms in total. The third-order valence-electron chi connectivity index (χ3n) is 3.52. The summed E-state index contributed by atoms with van der Waals surface area (Å²) in [4.78, 5) is 0. The number of nitriles is 1. The van der Waals surface area contributed by atoms with Crippen molar-refractivity contribution >= 4 is 53.5 Å². The minimum absolute atomic E-state index is 0.102. The van der Waals surface area contributed by atoms with E-state index in [1.54, 1.807) is 0 Å². The minimum Gasteiger partial charge on any atom is -0.379 e. The van der Waals surface area contributed by atoms with Crippen LogP contribution in [-0.2, 0) is 0 Å². The number of nitrogens with one attached hydrogen (secondary N) is 1. The summed E-state index contributed by atoms with van der Waals surface area (Å²) in [6.07, 6.45) is 5.66. The van der Waals surface area contributed by atoms with Crippen molar-refractivity contribution < 1.29 is 0 Å². The Balaban J connectivity index is 2.22. The van der Waals surface area contributed by atoms with Gasteiger partial charge in [-0.1, -0.05) is 35.2 Å². The van der Waals surface area contributed by atoms with Crippen LogP contribution in [0, 0.1) is 17.2 Å². The molecule has 0 radical (unpaired) electrons. The second-order valence-corrected chi connectivity index (χ2v) is 7.49. The summed E-state index contributed by atoms with van der Waals surface area (Å²) >= 11 is 10.6. The highest BCUT2D eigenvalue weighted by Crippen LogP contribution is 2.36. The molecule has 1 aliphatic rings. The summed E-state index contributed by atoms with van der Waals surface area (Å²) in [7, 11) is 0. The molecule has 1 aromatic rings. The summed E-state index contributed by atoms with van der Waals surface area (Å²) in [5, 5.41) is 12.9. The van der Waals surface area contributed by atoms with Gasteiger partial charge in [-0.15, -0.1) is 0 Å². The molecule has 0 spiro atoms. The van der Waals surface area contributed by atoms with E-state index in [1.165, 1.54) is 19.3 Å². The Hall–Kier alpha value is -0.0500. The van der Waals surface area contributed by atoms with Crippen molar-refractivity contribution in [2.24, 2.45) is 5.92 Å². The van der Waals surface area contributed by atoms with Crippen LogP contribution in [0.15, 0.2) is 25.6 Å². The first-order valence-corrected chi connectivity index (χ1v) is 8.80. The van der Waals surface area contributed by atoms with E-state index < -0.39 is 0 Å². The lowest BCUT2D eigenvalue weighted by atomic mass is 9.96. The quantitative estimate of drug-likeness (QED) is 0.573. The maximum absolute atomic E-state index is 9.33. The molecule has 19 heavy (non-hydrogen) atoms. The van der Waals surface area contributed by atoms with E-state index in [-0.39, 0.29) is 12.0 Å². The first-order chi connectivity index (χ1) is 9.11. The molecule has 1 aromatic carbocycles. The third kappa shape index (κ3) is 3.96. The van der Waals surface area contributed by atoms with Gasteiger partial charge in [-0.05, 0) is 56.8 Å². The Morgan fingerprint density at radius 1 is 1.05 bits per heavy atom. The Kier molecular flexibility index (Phi) is 5.73. The van der Waals surface area contributed by atoms with Crippen LogP contribution in [0.5, 0.6) is 0 Å². The maximum atomic E-state index is 9.33. The average Bonchev–Trinajstić information content (AvgIpc) is 2.58. The van der Waals surface area contributed by atoms with Crippen LogP contribution >= 0.6 is 47.8 Å². The molecule has 2 rings (SSSR count). The number of rotatable bonds is 2. The number of hydrogen-bond donors (Lipinski definition) is 1. The first kappa shape index (κ1) is 15.3. The number of anilines is 1. The van der Waals surface area contributed by atoms with Crippen LogP contribution in [0.3, 0.4) is 0 Å². The van der Waals surface area contributed by atoms with Crippen LogP contribution in [0.25, 0.3) is 0 Å². The molecule has 0 aliphatic heterocycles. The Morgan fingerprint density at radius 2 is 1.68 bits per heavy atom. The van der Waals surface area contributed by atoms with Crippen molar-refractivity contribution in [3.63, 3.8) is 0 Å². The zero-order chi connectivity index (χ0) is 13.8. The lowest BCUT2D eigenvalue weighted by Gasteiger charge is -2.23. The third-order valence-corrected chi connectivity index (χ3v) is 5.23. The lowest BCUT2D eigenvalue weighted by molar-refractivity contribution is 0.514. The molecule has 0 aromatic heterocycles. The summed E-state index contributed by atoms with van der Waals surface area (Å²) < 4.78 is 3.04. The Bertz CT molecular complexity index is 473. The highest BCUT2D eigenvalue weighted by atomic mass is 79.9. The molecule has 1 N–H and O–H groups in total. The predicted molar refractivity (Wildman–Crippen MR) is 89.1 cm³/mol. The minimum atomic E-state index is 0.102. The van der Waals surface area contributed by atoms with Crippen molar-refractivity contribution in [1.29, 1.82) is 5.26 Å². The summed E-state index contributed by atoms with van der Waals surface area (Å²) in [6, 6.07) is 6.74. The molecule has 0 amide bonds. The molecule has 1 saturated carbocycles. The van der Waals surface area contributed by atoms with Gasteiger partial charge in [-0.2, -0.15) is 5.26 Å². The highest BCUT2D eigenvalue weighted by molar-refractivity contribution is 9.11. The molecule has 102 valence electrons. The molecule has 0 heterocycles. The highest BCUT2D eigenvalue weighted by Gasteiger charge is 2.24. The summed E-state index contributed by atoms with van der Waals surface area (Å²) in [5.41, 5.74) is 1.04. The van der Waals surface area contributed by atoms with Gasteiger partial charge in [0.2, 0.25) is 0 Å². The Labute approximate surface area is 139 Å². The van der Waals surface area contributed by atoms with Crippen LogP contribution in [0.4, 0.5) is 5.69 Å². The van der Waals surface area contributed by atoms with E-state index in [1.807, 2.05) is 12.1 Å². The smallest absolute Gasteiger partial charge is 0.0677 e. The standard InChI is InChI=1S/C14H15Br3N2/c15-10-6-11(16)14(12(17)7-10)19-13-5-3-1-2-4-9(13)8-18/h6-7,9,13,19H,1-5H2.